The van der Waals surface area contributed by atoms with Crippen LogP contribution in [0.25, 0.3) is 0 Å². The minimum atomic E-state index is -0.367. The number of rotatable bonds is 10. The van der Waals surface area contributed by atoms with Gasteiger partial charge in [-0.15, -0.1) is 0 Å². The van der Waals surface area contributed by atoms with Crippen molar-refractivity contribution in [3.05, 3.63) is 58.7 Å². The van der Waals surface area contributed by atoms with E-state index in [0.29, 0.717) is 42.2 Å². The van der Waals surface area contributed by atoms with E-state index in [4.69, 9.17) is 14.2 Å². The highest BCUT2D eigenvalue weighted by Gasteiger charge is 2.38. The lowest BCUT2D eigenvalue weighted by atomic mass is 10.0. The van der Waals surface area contributed by atoms with Crippen LogP contribution in [0.3, 0.4) is 0 Å². The third-order valence-corrected chi connectivity index (χ3v) is 6.02. The second kappa shape index (κ2) is 9.62. The molecule has 2 aromatic rings. The van der Waals surface area contributed by atoms with Gasteiger partial charge in [-0.2, -0.15) is 0 Å². The molecule has 1 fully saturated rings. The van der Waals surface area contributed by atoms with E-state index < -0.39 is 0 Å². The van der Waals surface area contributed by atoms with Crippen LogP contribution in [0, 0.1) is 0 Å². The van der Waals surface area contributed by atoms with E-state index in [-0.39, 0.29) is 35.9 Å². The molecule has 2 aliphatic rings. The maximum Gasteiger partial charge on any atom is 0.261 e. The highest BCUT2D eigenvalue weighted by Crippen LogP contribution is 2.34. The summed E-state index contributed by atoms with van der Waals surface area (Å²) in [6.45, 7) is 1.10. The van der Waals surface area contributed by atoms with Crippen molar-refractivity contribution in [3.8, 4) is 11.5 Å². The van der Waals surface area contributed by atoms with Crippen LogP contribution < -0.4 is 9.47 Å². The standard InChI is InChI=1S/C25H28N2O6/c1-31-12-4-11-26-24(29)20-9-5-16(14-21(20)25(26)30)23(28)27(18-6-7-18)15-17-13-19(32-2)8-10-22(17)33-3/h5,8-10,13-14,18H,4,6-7,11-12,15H2,1-3H3. The fourth-order valence-electron chi connectivity index (χ4n) is 4.10. The van der Waals surface area contributed by atoms with Crippen LogP contribution in [0.4, 0.5) is 0 Å². The van der Waals surface area contributed by atoms with Gasteiger partial charge in [0.05, 0.1) is 31.9 Å². The van der Waals surface area contributed by atoms with Gasteiger partial charge in [0.25, 0.3) is 17.7 Å². The Hall–Kier alpha value is -3.39. The Balaban J connectivity index is 1.58. The number of carbonyl (C=O) groups is 3. The predicted octanol–water partition coefficient (Wildman–Crippen LogP) is 3.14. The molecule has 3 amide bonds. The monoisotopic (exact) mass is 452 g/mol. The molecular weight excluding hydrogens is 424 g/mol. The number of benzene rings is 2. The van der Waals surface area contributed by atoms with Gasteiger partial charge < -0.3 is 19.1 Å². The molecule has 0 aromatic heterocycles. The Labute approximate surface area is 193 Å². The van der Waals surface area contributed by atoms with Gasteiger partial charge in [0.2, 0.25) is 0 Å². The minimum absolute atomic E-state index is 0.129. The summed E-state index contributed by atoms with van der Waals surface area (Å²) in [5.74, 6) is 0.488. The molecule has 0 atom stereocenters. The van der Waals surface area contributed by atoms with E-state index in [1.54, 1.807) is 44.4 Å². The van der Waals surface area contributed by atoms with Crippen LogP contribution in [0.2, 0.25) is 0 Å². The van der Waals surface area contributed by atoms with E-state index in [1.165, 1.54) is 4.90 Å². The zero-order valence-electron chi connectivity index (χ0n) is 19.1. The summed E-state index contributed by atoms with van der Waals surface area (Å²) >= 11 is 0. The number of hydrogen-bond donors (Lipinski definition) is 0. The van der Waals surface area contributed by atoms with Crippen molar-refractivity contribution < 1.29 is 28.6 Å². The summed E-state index contributed by atoms with van der Waals surface area (Å²) in [4.78, 5) is 42.0. The first-order valence-corrected chi connectivity index (χ1v) is 11.0. The molecule has 1 aliphatic carbocycles. The van der Waals surface area contributed by atoms with Crippen molar-refractivity contribution in [2.75, 3.05) is 34.5 Å². The number of fused-ring (bicyclic) bond motifs is 1. The first-order valence-electron chi connectivity index (χ1n) is 11.0. The van der Waals surface area contributed by atoms with Crippen molar-refractivity contribution in [2.45, 2.75) is 31.8 Å². The van der Waals surface area contributed by atoms with Crippen LogP contribution in [0.15, 0.2) is 36.4 Å². The average Bonchev–Trinajstić information content (AvgIpc) is 3.65. The number of methoxy groups -OCH3 is 3. The molecule has 1 aliphatic heterocycles. The van der Waals surface area contributed by atoms with Gasteiger partial charge in [0.1, 0.15) is 11.5 Å². The van der Waals surface area contributed by atoms with E-state index in [2.05, 4.69) is 0 Å². The van der Waals surface area contributed by atoms with Crippen molar-refractivity contribution in [1.82, 2.24) is 9.80 Å². The Morgan fingerprint density at radius 3 is 2.42 bits per heavy atom. The Kier molecular flexibility index (Phi) is 6.65. The largest absolute Gasteiger partial charge is 0.497 e. The molecule has 174 valence electrons. The maximum absolute atomic E-state index is 13.5. The highest BCUT2D eigenvalue weighted by atomic mass is 16.5. The first kappa shape index (κ1) is 22.8. The van der Waals surface area contributed by atoms with Gasteiger partial charge in [-0.25, -0.2) is 0 Å². The van der Waals surface area contributed by atoms with Crippen LogP contribution in [-0.2, 0) is 11.3 Å². The predicted molar refractivity (Wildman–Crippen MR) is 121 cm³/mol. The van der Waals surface area contributed by atoms with E-state index >= 15 is 0 Å². The van der Waals surface area contributed by atoms with Gasteiger partial charge >= 0.3 is 0 Å². The minimum Gasteiger partial charge on any atom is -0.497 e. The molecule has 0 unspecified atom stereocenters. The molecule has 8 heteroatoms. The topological polar surface area (TPSA) is 85.4 Å². The van der Waals surface area contributed by atoms with Crippen LogP contribution >= 0.6 is 0 Å². The molecule has 2 aromatic carbocycles. The molecule has 0 saturated heterocycles. The lowest BCUT2D eigenvalue weighted by Gasteiger charge is -2.24. The molecule has 0 radical (unpaired) electrons. The summed E-state index contributed by atoms with van der Waals surface area (Å²) in [6, 6.07) is 10.4. The SMILES string of the molecule is COCCCN1C(=O)c2ccc(C(=O)N(Cc3cc(OC)ccc3OC)C3CC3)cc2C1=O. The number of carbonyl (C=O) groups excluding carboxylic acids is 3. The van der Waals surface area contributed by atoms with E-state index in [9.17, 15) is 14.4 Å². The zero-order chi connectivity index (χ0) is 23.5. The van der Waals surface area contributed by atoms with Gasteiger partial charge in [-0.05, 0) is 55.7 Å². The Morgan fingerprint density at radius 2 is 1.76 bits per heavy atom. The van der Waals surface area contributed by atoms with Crippen LogP contribution in [0.5, 0.6) is 11.5 Å². The first-order chi connectivity index (χ1) is 16.0. The molecule has 0 bridgehead atoms. The maximum atomic E-state index is 13.5. The molecule has 0 spiro atoms. The average molecular weight is 453 g/mol. The van der Waals surface area contributed by atoms with Crippen molar-refractivity contribution in [2.24, 2.45) is 0 Å². The quantitative estimate of drug-likeness (QED) is 0.407. The summed E-state index contributed by atoms with van der Waals surface area (Å²) in [5, 5.41) is 0. The van der Waals surface area contributed by atoms with Gasteiger partial charge in [0.15, 0.2) is 0 Å². The molecule has 4 rings (SSSR count). The van der Waals surface area contributed by atoms with Crippen LogP contribution in [-0.4, -0.2) is 68.0 Å². The second-order valence-electron chi connectivity index (χ2n) is 8.21. The van der Waals surface area contributed by atoms with Crippen LogP contribution in [0.1, 0.15) is 55.9 Å². The summed E-state index contributed by atoms with van der Waals surface area (Å²) in [6.07, 6.45) is 2.41. The lowest BCUT2D eigenvalue weighted by Crippen LogP contribution is -2.33. The Morgan fingerprint density at radius 1 is 1.00 bits per heavy atom. The Bertz CT molecular complexity index is 1080. The van der Waals surface area contributed by atoms with Crippen molar-refractivity contribution in [3.63, 3.8) is 0 Å². The summed E-state index contributed by atoms with van der Waals surface area (Å²) in [7, 11) is 4.76. The fraction of sp³-hybridized carbons (Fsp3) is 0.400. The normalized spacial score (nSPS) is 14.9. The number of nitrogens with zero attached hydrogens (tertiary/aromatic N) is 2. The van der Waals surface area contributed by atoms with Gasteiger partial charge in [0, 0.05) is 37.4 Å². The zero-order valence-corrected chi connectivity index (χ0v) is 19.1. The molecule has 1 heterocycles. The van der Waals surface area contributed by atoms with Gasteiger partial charge in [-0.1, -0.05) is 0 Å². The number of amides is 3. The molecule has 8 nitrogen and oxygen atoms in total. The summed E-state index contributed by atoms with van der Waals surface area (Å²) < 4.78 is 15.8. The fourth-order valence-corrected chi connectivity index (χ4v) is 4.10. The molecule has 0 N–H and O–H groups in total. The summed E-state index contributed by atoms with van der Waals surface area (Å²) in [5.41, 5.74) is 1.84. The van der Waals surface area contributed by atoms with Gasteiger partial charge in [-0.3, -0.25) is 19.3 Å². The van der Waals surface area contributed by atoms with E-state index in [0.717, 1.165) is 18.4 Å². The third-order valence-electron chi connectivity index (χ3n) is 6.02. The molecule has 1 saturated carbocycles. The second-order valence-corrected chi connectivity index (χ2v) is 8.21. The highest BCUT2D eigenvalue weighted by molar-refractivity contribution is 6.22. The molecule has 33 heavy (non-hydrogen) atoms. The number of hydrogen-bond acceptors (Lipinski definition) is 6. The third kappa shape index (κ3) is 4.57. The van der Waals surface area contributed by atoms with Crippen molar-refractivity contribution in [1.29, 1.82) is 0 Å². The number of imide groups is 1. The smallest absolute Gasteiger partial charge is 0.261 e. The van der Waals surface area contributed by atoms with Crippen molar-refractivity contribution >= 4 is 17.7 Å². The molecular formula is C25H28N2O6. The number of ether oxygens (including phenoxy) is 3. The van der Waals surface area contributed by atoms with E-state index in [1.807, 2.05) is 18.2 Å². The lowest BCUT2D eigenvalue weighted by molar-refractivity contribution is 0.0638.